The van der Waals surface area contributed by atoms with Crippen LogP contribution in [0.15, 0.2) is 0 Å². The monoisotopic (exact) mass is 189 g/mol. The van der Waals surface area contributed by atoms with Gasteiger partial charge in [-0.15, -0.1) is 0 Å². The van der Waals surface area contributed by atoms with Crippen molar-refractivity contribution in [3.05, 3.63) is 0 Å². The topological polar surface area (TPSA) is 37.4 Å². The third-order valence-corrected chi connectivity index (χ3v) is 4.58. The maximum absolute atomic E-state index is 10.9. The number of likely N-dealkylation sites (tertiary alicyclic amines) is 1. The van der Waals surface area contributed by atoms with Crippen molar-refractivity contribution in [1.82, 2.24) is 4.90 Å². The van der Waals surface area contributed by atoms with Gasteiger partial charge >= 0.3 is 0 Å². The van der Waals surface area contributed by atoms with Crippen LogP contribution in [0.1, 0.15) is 19.3 Å². The number of piperidine rings is 1. The lowest BCUT2D eigenvalue weighted by Crippen LogP contribution is -2.54. The van der Waals surface area contributed by atoms with Crippen molar-refractivity contribution in [2.75, 3.05) is 24.6 Å². The minimum atomic E-state index is -2.62. The molecule has 3 nitrogen and oxygen atoms in total. The first-order valence-corrected chi connectivity index (χ1v) is 6.44. The molecule has 12 heavy (non-hydrogen) atoms. The van der Waals surface area contributed by atoms with Crippen LogP contribution in [0.2, 0.25) is 0 Å². The number of nitrogens with zero attached hydrogens (tertiary/aromatic N) is 1. The Morgan fingerprint density at radius 2 is 1.58 bits per heavy atom. The first kappa shape index (κ1) is 8.51. The minimum absolute atomic E-state index is 0.357. The maximum Gasteiger partial charge on any atom is 0.153 e. The van der Waals surface area contributed by atoms with E-state index in [0.29, 0.717) is 17.5 Å². The Morgan fingerprint density at radius 3 is 2.08 bits per heavy atom. The van der Waals surface area contributed by atoms with Gasteiger partial charge in [-0.2, -0.15) is 0 Å². The van der Waals surface area contributed by atoms with Crippen molar-refractivity contribution in [2.24, 2.45) is 0 Å². The van der Waals surface area contributed by atoms with Crippen molar-refractivity contribution in [2.45, 2.75) is 25.3 Å². The molecule has 2 fully saturated rings. The van der Waals surface area contributed by atoms with Gasteiger partial charge < -0.3 is 0 Å². The molecule has 2 rings (SSSR count). The highest BCUT2D eigenvalue weighted by atomic mass is 32.2. The van der Waals surface area contributed by atoms with Crippen LogP contribution in [0.3, 0.4) is 0 Å². The number of sulfone groups is 1. The first-order valence-electron chi connectivity index (χ1n) is 4.62. The second-order valence-corrected chi connectivity index (χ2v) is 5.98. The summed E-state index contributed by atoms with van der Waals surface area (Å²) in [5.74, 6) is 0.819. The van der Waals surface area contributed by atoms with Gasteiger partial charge in [0.05, 0.1) is 11.5 Å². The van der Waals surface area contributed by atoms with Crippen LogP contribution in [0.5, 0.6) is 0 Å². The molecule has 70 valence electrons. The third kappa shape index (κ3) is 1.64. The van der Waals surface area contributed by atoms with E-state index >= 15 is 0 Å². The van der Waals surface area contributed by atoms with Gasteiger partial charge in [-0.3, -0.25) is 4.90 Å². The molecule has 0 aromatic carbocycles. The van der Waals surface area contributed by atoms with Crippen molar-refractivity contribution in [1.29, 1.82) is 0 Å². The molecule has 2 aliphatic heterocycles. The summed E-state index contributed by atoms with van der Waals surface area (Å²) in [4.78, 5) is 2.34. The molecule has 2 saturated heterocycles. The van der Waals surface area contributed by atoms with Crippen LogP contribution in [-0.2, 0) is 9.84 Å². The second-order valence-electron chi connectivity index (χ2n) is 3.83. The molecular formula is C8H15NO2S. The highest BCUT2D eigenvalue weighted by Crippen LogP contribution is 2.21. The molecule has 0 saturated carbocycles. The van der Waals surface area contributed by atoms with Crippen LogP contribution in [0.4, 0.5) is 0 Å². The average molecular weight is 189 g/mol. The summed E-state index contributed by atoms with van der Waals surface area (Å²) in [6.07, 6.45) is 3.81. The van der Waals surface area contributed by atoms with Crippen molar-refractivity contribution >= 4 is 9.84 Å². The Hall–Kier alpha value is -0.0900. The zero-order valence-electron chi connectivity index (χ0n) is 7.20. The predicted molar refractivity (Wildman–Crippen MR) is 47.9 cm³/mol. The molecule has 2 heterocycles. The Labute approximate surface area is 73.7 Å². The quantitative estimate of drug-likeness (QED) is 0.594. The van der Waals surface area contributed by atoms with Gasteiger partial charge in [0, 0.05) is 6.04 Å². The normalized spacial score (nSPS) is 31.3. The van der Waals surface area contributed by atoms with Gasteiger partial charge in [-0.1, -0.05) is 6.42 Å². The van der Waals surface area contributed by atoms with Crippen LogP contribution in [0, 0.1) is 0 Å². The van der Waals surface area contributed by atoms with Crippen LogP contribution >= 0.6 is 0 Å². The summed E-state index contributed by atoms with van der Waals surface area (Å²) in [7, 11) is -2.62. The molecule has 0 N–H and O–H groups in total. The predicted octanol–water partition coefficient (Wildman–Crippen LogP) is 0.269. The molecule has 0 spiro atoms. The minimum Gasteiger partial charge on any atom is -0.298 e. The molecule has 0 aromatic rings. The lowest BCUT2D eigenvalue weighted by molar-refractivity contribution is 0.178. The highest BCUT2D eigenvalue weighted by Gasteiger charge is 2.37. The van der Waals surface area contributed by atoms with Crippen LogP contribution in [0.25, 0.3) is 0 Å². The van der Waals surface area contributed by atoms with Gasteiger partial charge in [0.2, 0.25) is 0 Å². The molecule has 0 unspecified atom stereocenters. The van der Waals surface area contributed by atoms with E-state index in [9.17, 15) is 8.42 Å². The van der Waals surface area contributed by atoms with E-state index in [-0.39, 0.29) is 0 Å². The third-order valence-electron chi connectivity index (χ3n) is 2.80. The SMILES string of the molecule is O=S1(=O)CC(N2CCCCC2)C1. The van der Waals surface area contributed by atoms with Crippen LogP contribution < -0.4 is 0 Å². The van der Waals surface area contributed by atoms with Crippen molar-refractivity contribution < 1.29 is 8.42 Å². The zero-order valence-corrected chi connectivity index (χ0v) is 8.02. The lowest BCUT2D eigenvalue weighted by Gasteiger charge is -2.39. The molecule has 0 aliphatic carbocycles. The van der Waals surface area contributed by atoms with E-state index in [1.54, 1.807) is 0 Å². The lowest BCUT2D eigenvalue weighted by atomic mass is 10.1. The van der Waals surface area contributed by atoms with Crippen molar-refractivity contribution in [3.8, 4) is 0 Å². The Kier molecular flexibility index (Phi) is 2.12. The van der Waals surface area contributed by atoms with E-state index in [2.05, 4.69) is 4.90 Å². The van der Waals surface area contributed by atoms with Gasteiger partial charge in [0.15, 0.2) is 9.84 Å². The fraction of sp³-hybridized carbons (Fsp3) is 1.00. The fourth-order valence-corrected chi connectivity index (χ4v) is 3.53. The van der Waals surface area contributed by atoms with Gasteiger partial charge in [-0.25, -0.2) is 8.42 Å². The van der Waals surface area contributed by atoms with E-state index in [1.165, 1.54) is 19.3 Å². The summed E-state index contributed by atoms with van der Waals surface area (Å²) < 4.78 is 21.8. The molecule has 4 heteroatoms. The Morgan fingerprint density at radius 1 is 1.00 bits per heavy atom. The summed E-state index contributed by atoms with van der Waals surface area (Å²) in [5.41, 5.74) is 0. The van der Waals surface area contributed by atoms with E-state index in [1.807, 2.05) is 0 Å². The zero-order chi connectivity index (χ0) is 8.60. The number of hydrogen-bond acceptors (Lipinski definition) is 3. The van der Waals surface area contributed by atoms with E-state index < -0.39 is 9.84 Å². The largest absolute Gasteiger partial charge is 0.298 e. The summed E-state index contributed by atoms with van der Waals surface area (Å²) >= 11 is 0. The molecule has 0 radical (unpaired) electrons. The van der Waals surface area contributed by atoms with Gasteiger partial charge in [-0.05, 0) is 25.9 Å². The smallest absolute Gasteiger partial charge is 0.153 e. The summed E-state index contributed by atoms with van der Waals surface area (Å²) in [5, 5.41) is 0. The van der Waals surface area contributed by atoms with E-state index in [0.717, 1.165) is 13.1 Å². The number of rotatable bonds is 1. The first-order chi connectivity index (χ1) is 5.67. The molecule has 0 aromatic heterocycles. The standard InChI is InChI=1S/C8H15NO2S/c10-12(11)6-8(7-12)9-4-2-1-3-5-9/h8H,1-7H2. The molecule has 2 aliphatic rings. The van der Waals surface area contributed by atoms with Gasteiger partial charge in [0.25, 0.3) is 0 Å². The van der Waals surface area contributed by atoms with Crippen LogP contribution in [-0.4, -0.2) is 44.0 Å². The number of hydrogen-bond donors (Lipinski definition) is 0. The average Bonchev–Trinajstić information content (AvgIpc) is 2.02. The molecule has 0 atom stereocenters. The molecule has 0 bridgehead atoms. The second kappa shape index (κ2) is 3.00. The Bertz CT molecular complexity index is 242. The maximum atomic E-state index is 10.9. The molecule has 0 amide bonds. The van der Waals surface area contributed by atoms with E-state index in [4.69, 9.17) is 0 Å². The summed E-state index contributed by atoms with van der Waals surface area (Å²) in [6.45, 7) is 2.22. The van der Waals surface area contributed by atoms with Gasteiger partial charge in [0.1, 0.15) is 0 Å². The fourth-order valence-electron chi connectivity index (χ4n) is 2.03. The molecular weight excluding hydrogens is 174 g/mol. The highest BCUT2D eigenvalue weighted by molar-refractivity contribution is 7.92. The summed E-state index contributed by atoms with van der Waals surface area (Å²) in [6, 6.07) is 0.357. The van der Waals surface area contributed by atoms with Crippen molar-refractivity contribution in [3.63, 3.8) is 0 Å². The Balaban J connectivity index is 1.87.